The fraction of sp³-hybridized carbons (Fsp3) is 0.917. The second-order valence-corrected chi connectivity index (χ2v) is 4.80. The molecular formula is C12H23N3O2. The van der Waals surface area contributed by atoms with Crippen molar-refractivity contribution in [2.24, 2.45) is 5.73 Å². The Balaban J connectivity index is 1.90. The van der Waals surface area contributed by atoms with E-state index in [1.165, 1.54) is 6.42 Å². The van der Waals surface area contributed by atoms with Crippen LogP contribution < -0.4 is 5.73 Å². The fourth-order valence-corrected chi connectivity index (χ4v) is 2.33. The standard InChI is InChI=1S/C12H23N3O2/c13-5-2-6-15(11-3-1-4-11)12(16)14-7-9-17-10-8-14/h11H,1-10,13H2. The van der Waals surface area contributed by atoms with Gasteiger partial charge in [-0.2, -0.15) is 0 Å². The van der Waals surface area contributed by atoms with E-state index < -0.39 is 0 Å². The Hall–Kier alpha value is -0.810. The van der Waals surface area contributed by atoms with Crippen LogP contribution in [-0.2, 0) is 4.74 Å². The number of rotatable bonds is 4. The number of hydrogen-bond donors (Lipinski definition) is 1. The summed E-state index contributed by atoms with van der Waals surface area (Å²) in [6.45, 7) is 4.24. The average Bonchev–Trinajstić information content (AvgIpc) is 2.32. The summed E-state index contributed by atoms with van der Waals surface area (Å²) in [4.78, 5) is 16.3. The molecule has 0 aromatic heterocycles. The molecule has 0 bridgehead atoms. The van der Waals surface area contributed by atoms with Crippen LogP contribution in [-0.4, -0.2) is 61.3 Å². The van der Waals surface area contributed by atoms with E-state index in [1.54, 1.807) is 0 Å². The Kier molecular flexibility index (Phi) is 4.62. The number of urea groups is 1. The smallest absolute Gasteiger partial charge is 0.320 e. The molecule has 2 rings (SSSR count). The second kappa shape index (κ2) is 6.21. The van der Waals surface area contributed by atoms with Crippen LogP contribution in [0.2, 0.25) is 0 Å². The molecule has 1 aliphatic heterocycles. The molecule has 2 fully saturated rings. The summed E-state index contributed by atoms with van der Waals surface area (Å²) in [5.74, 6) is 0. The van der Waals surface area contributed by atoms with Crippen molar-refractivity contribution in [2.45, 2.75) is 31.7 Å². The van der Waals surface area contributed by atoms with E-state index in [-0.39, 0.29) is 6.03 Å². The van der Waals surface area contributed by atoms with Gasteiger partial charge in [-0.1, -0.05) is 0 Å². The van der Waals surface area contributed by atoms with Gasteiger partial charge in [0.1, 0.15) is 0 Å². The van der Waals surface area contributed by atoms with Gasteiger partial charge in [-0.25, -0.2) is 4.79 Å². The summed E-state index contributed by atoms with van der Waals surface area (Å²) in [6, 6.07) is 0.642. The Morgan fingerprint density at radius 3 is 2.59 bits per heavy atom. The molecule has 5 nitrogen and oxygen atoms in total. The van der Waals surface area contributed by atoms with Crippen LogP contribution in [0, 0.1) is 0 Å². The van der Waals surface area contributed by atoms with Crippen molar-refractivity contribution in [1.82, 2.24) is 9.80 Å². The number of nitrogens with zero attached hydrogens (tertiary/aromatic N) is 2. The molecule has 5 heteroatoms. The number of nitrogens with two attached hydrogens (primary N) is 1. The first-order valence-electron chi connectivity index (χ1n) is 6.66. The lowest BCUT2D eigenvalue weighted by Crippen LogP contribution is -2.53. The maximum Gasteiger partial charge on any atom is 0.320 e. The van der Waals surface area contributed by atoms with Crippen LogP contribution in [0.1, 0.15) is 25.7 Å². The first-order valence-corrected chi connectivity index (χ1v) is 6.66. The summed E-state index contributed by atoms with van der Waals surface area (Å²) in [5, 5.41) is 0. The van der Waals surface area contributed by atoms with E-state index in [0.717, 1.165) is 38.9 Å². The lowest BCUT2D eigenvalue weighted by atomic mass is 9.91. The van der Waals surface area contributed by atoms with Crippen LogP contribution in [0.25, 0.3) is 0 Å². The highest BCUT2D eigenvalue weighted by Crippen LogP contribution is 2.26. The quantitative estimate of drug-likeness (QED) is 0.786. The van der Waals surface area contributed by atoms with Crippen molar-refractivity contribution in [3.8, 4) is 0 Å². The molecule has 0 atom stereocenters. The predicted octanol–water partition coefficient (Wildman–Crippen LogP) is 0.642. The first-order chi connectivity index (χ1) is 8.33. The van der Waals surface area contributed by atoms with Crippen molar-refractivity contribution in [3.63, 3.8) is 0 Å². The molecule has 2 aliphatic rings. The number of hydrogen-bond acceptors (Lipinski definition) is 3. The Morgan fingerprint density at radius 2 is 2.06 bits per heavy atom. The minimum absolute atomic E-state index is 0.187. The van der Waals surface area contributed by atoms with Gasteiger partial charge >= 0.3 is 6.03 Å². The van der Waals surface area contributed by atoms with Crippen LogP contribution in [0.5, 0.6) is 0 Å². The van der Waals surface area contributed by atoms with Crippen molar-refractivity contribution >= 4 is 6.03 Å². The predicted molar refractivity (Wildman–Crippen MR) is 65.8 cm³/mol. The van der Waals surface area contributed by atoms with E-state index in [1.807, 2.05) is 9.80 Å². The molecule has 2 amide bonds. The van der Waals surface area contributed by atoms with E-state index in [9.17, 15) is 4.79 Å². The van der Waals surface area contributed by atoms with E-state index in [4.69, 9.17) is 10.5 Å². The SMILES string of the molecule is NCCCN(C(=O)N1CCOCC1)C1CCC1. The normalized spacial score (nSPS) is 21.1. The van der Waals surface area contributed by atoms with Crippen molar-refractivity contribution in [2.75, 3.05) is 39.4 Å². The van der Waals surface area contributed by atoms with E-state index in [0.29, 0.717) is 25.8 Å². The number of carbonyl (C=O) groups is 1. The largest absolute Gasteiger partial charge is 0.378 e. The fourth-order valence-electron chi connectivity index (χ4n) is 2.33. The van der Waals surface area contributed by atoms with Gasteiger partial charge in [0, 0.05) is 25.7 Å². The lowest BCUT2D eigenvalue weighted by Gasteiger charge is -2.41. The Labute approximate surface area is 103 Å². The molecule has 0 aromatic rings. The van der Waals surface area contributed by atoms with E-state index in [2.05, 4.69) is 0 Å². The van der Waals surface area contributed by atoms with Crippen LogP contribution in [0.4, 0.5) is 4.79 Å². The molecule has 0 spiro atoms. The summed E-state index contributed by atoms with van der Waals surface area (Å²) in [5.41, 5.74) is 5.54. The molecule has 17 heavy (non-hydrogen) atoms. The molecule has 0 radical (unpaired) electrons. The zero-order chi connectivity index (χ0) is 12.1. The van der Waals surface area contributed by atoms with Gasteiger partial charge in [-0.05, 0) is 32.2 Å². The molecule has 2 N–H and O–H groups in total. The van der Waals surface area contributed by atoms with Gasteiger partial charge in [0.2, 0.25) is 0 Å². The number of carbonyl (C=O) groups excluding carboxylic acids is 1. The maximum atomic E-state index is 12.4. The highest BCUT2D eigenvalue weighted by atomic mass is 16.5. The van der Waals surface area contributed by atoms with Crippen LogP contribution in [0.15, 0.2) is 0 Å². The third-order valence-corrected chi connectivity index (χ3v) is 3.65. The minimum atomic E-state index is 0.187. The molecule has 0 unspecified atom stereocenters. The topological polar surface area (TPSA) is 58.8 Å². The molecule has 1 aliphatic carbocycles. The monoisotopic (exact) mass is 241 g/mol. The third-order valence-electron chi connectivity index (χ3n) is 3.65. The minimum Gasteiger partial charge on any atom is -0.378 e. The Morgan fingerprint density at radius 1 is 1.35 bits per heavy atom. The van der Waals surface area contributed by atoms with Gasteiger partial charge in [-0.3, -0.25) is 0 Å². The lowest BCUT2D eigenvalue weighted by molar-refractivity contribution is 0.0337. The summed E-state index contributed by atoms with van der Waals surface area (Å²) < 4.78 is 5.28. The van der Waals surface area contributed by atoms with Crippen molar-refractivity contribution < 1.29 is 9.53 Å². The molecule has 1 saturated carbocycles. The highest BCUT2D eigenvalue weighted by molar-refractivity contribution is 5.75. The van der Waals surface area contributed by atoms with Gasteiger partial charge in [0.25, 0.3) is 0 Å². The Bertz CT molecular complexity index is 250. The van der Waals surface area contributed by atoms with Crippen LogP contribution >= 0.6 is 0 Å². The summed E-state index contributed by atoms with van der Waals surface area (Å²) in [7, 11) is 0. The summed E-state index contributed by atoms with van der Waals surface area (Å²) >= 11 is 0. The number of amides is 2. The van der Waals surface area contributed by atoms with Crippen molar-refractivity contribution in [1.29, 1.82) is 0 Å². The van der Waals surface area contributed by atoms with Gasteiger partial charge in [-0.15, -0.1) is 0 Å². The number of morpholine rings is 1. The van der Waals surface area contributed by atoms with Gasteiger partial charge < -0.3 is 20.3 Å². The van der Waals surface area contributed by atoms with Crippen LogP contribution in [0.3, 0.4) is 0 Å². The molecule has 98 valence electrons. The molecule has 0 aromatic carbocycles. The molecular weight excluding hydrogens is 218 g/mol. The van der Waals surface area contributed by atoms with Gasteiger partial charge in [0.15, 0.2) is 0 Å². The molecule has 1 heterocycles. The summed E-state index contributed by atoms with van der Waals surface area (Å²) in [6.07, 6.45) is 4.45. The van der Waals surface area contributed by atoms with Crippen molar-refractivity contribution in [3.05, 3.63) is 0 Å². The van der Waals surface area contributed by atoms with E-state index >= 15 is 0 Å². The van der Waals surface area contributed by atoms with Gasteiger partial charge in [0.05, 0.1) is 13.2 Å². The first kappa shape index (κ1) is 12.6. The zero-order valence-electron chi connectivity index (χ0n) is 10.4. The highest BCUT2D eigenvalue weighted by Gasteiger charge is 2.31. The number of ether oxygens (including phenoxy) is 1. The maximum absolute atomic E-state index is 12.4. The average molecular weight is 241 g/mol. The second-order valence-electron chi connectivity index (χ2n) is 4.80. The zero-order valence-corrected chi connectivity index (χ0v) is 10.4. The molecule has 1 saturated heterocycles. The third kappa shape index (κ3) is 3.10.